The van der Waals surface area contributed by atoms with Crippen LogP contribution in [-0.2, 0) is 18.3 Å². The van der Waals surface area contributed by atoms with Gasteiger partial charge in [-0.2, -0.15) is 5.10 Å². The van der Waals surface area contributed by atoms with E-state index in [0.717, 1.165) is 12.1 Å². The van der Waals surface area contributed by atoms with Crippen molar-refractivity contribution in [1.29, 1.82) is 0 Å². The first-order valence-electron chi connectivity index (χ1n) is 7.23. The lowest BCUT2D eigenvalue weighted by molar-refractivity contribution is 0.590. The molecule has 0 unspecified atom stereocenters. The van der Waals surface area contributed by atoms with E-state index in [1.807, 2.05) is 0 Å². The Labute approximate surface area is 115 Å². The highest BCUT2D eigenvalue weighted by Gasteiger charge is 2.18. The van der Waals surface area contributed by atoms with Gasteiger partial charge >= 0.3 is 0 Å². The van der Waals surface area contributed by atoms with Gasteiger partial charge < -0.3 is 0 Å². The highest BCUT2D eigenvalue weighted by atomic mass is 15.1. The van der Waals surface area contributed by atoms with E-state index in [1.165, 1.54) is 41.6 Å². The molecular formula is C17H22N2. The zero-order valence-corrected chi connectivity index (χ0v) is 12.1. The van der Waals surface area contributed by atoms with Crippen LogP contribution in [0, 0.1) is 0 Å². The monoisotopic (exact) mass is 254 g/mol. The molecule has 0 aliphatic heterocycles. The number of fused-ring (bicyclic) bond motifs is 1. The summed E-state index contributed by atoms with van der Waals surface area (Å²) in [4.78, 5) is 0. The van der Waals surface area contributed by atoms with Crippen LogP contribution >= 0.6 is 0 Å². The number of rotatable bonds is 1. The van der Waals surface area contributed by atoms with E-state index in [0.29, 0.717) is 0 Å². The lowest BCUT2D eigenvalue weighted by Gasteiger charge is -2.19. The fraction of sp³-hybridized carbons (Fsp3) is 0.471. The molecule has 0 bridgehead atoms. The second-order valence-corrected chi connectivity index (χ2v) is 6.56. The second-order valence-electron chi connectivity index (χ2n) is 6.56. The van der Waals surface area contributed by atoms with E-state index in [2.05, 4.69) is 55.2 Å². The maximum atomic E-state index is 4.53. The molecule has 1 heterocycles. The fourth-order valence-electron chi connectivity index (χ4n) is 2.85. The van der Waals surface area contributed by atoms with Crippen molar-refractivity contribution in [2.24, 2.45) is 0 Å². The van der Waals surface area contributed by atoms with Gasteiger partial charge in [0.2, 0.25) is 0 Å². The Morgan fingerprint density at radius 1 is 1.00 bits per heavy atom. The summed E-state index contributed by atoms with van der Waals surface area (Å²) in [5.41, 5.74) is 6.78. The highest BCUT2D eigenvalue weighted by Crippen LogP contribution is 2.31. The van der Waals surface area contributed by atoms with Gasteiger partial charge in [-0.1, -0.05) is 45.0 Å². The van der Waals surface area contributed by atoms with Crippen molar-refractivity contribution in [2.45, 2.75) is 51.9 Å². The largest absolute Gasteiger partial charge is 0.282 e. The van der Waals surface area contributed by atoms with Crippen molar-refractivity contribution < 1.29 is 0 Å². The molecule has 1 aliphatic carbocycles. The maximum Gasteiger partial charge on any atom is 0.0955 e. The lowest BCUT2D eigenvalue weighted by atomic mass is 9.86. The molecule has 19 heavy (non-hydrogen) atoms. The van der Waals surface area contributed by atoms with Crippen LogP contribution in [0.5, 0.6) is 0 Å². The molecule has 2 aromatic rings. The quantitative estimate of drug-likeness (QED) is 0.809. The topological polar surface area (TPSA) is 28.7 Å². The smallest absolute Gasteiger partial charge is 0.0955 e. The second kappa shape index (κ2) is 4.52. The minimum atomic E-state index is 0.212. The Morgan fingerprint density at radius 3 is 2.37 bits per heavy atom. The van der Waals surface area contributed by atoms with Crippen LogP contribution in [0.2, 0.25) is 0 Å². The summed E-state index contributed by atoms with van der Waals surface area (Å²) in [6.45, 7) is 6.75. The van der Waals surface area contributed by atoms with Gasteiger partial charge in [0.15, 0.2) is 0 Å². The third-order valence-electron chi connectivity index (χ3n) is 4.08. The number of hydrogen-bond acceptors (Lipinski definition) is 1. The predicted molar refractivity (Wildman–Crippen MR) is 79.4 cm³/mol. The molecule has 1 N–H and O–H groups in total. The summed E-state index contributed by atoms with van der Waals surface area (Å²) in [6.07, 6.45) is 4.90. The van der Waals surface area contributed by atoms with Crippen LogP contribution in [0.3, 0.4) is 0 Å². The van der Waals surface area contributed by atoms with Gasteiger partial charge in [-0.15, -0.1) is 0 Å². The van der Waals surface area contributed by atoms with Gasteiger partial charge in [0.25, 0.3) is 0 Å². The summed E-state index contributed by atoms with van der Waals surface area (Å²) in [7, 11) is 0. The summed E-state index contributed by atoms with van der Waals surface area (Å²) in [5, 5.41) is 7.75. The molecule has 0 atom stereocenters. The number of nitrogens with zero attached hydrogens (tertiary/aromatic N) is 1. The van der Waals surface area contributed by atoms with Crippen molar-refractivity contribution in [2.75, 3.05) is 0 Å². The number of aryl methyl sites for hydroxylation is 1. The van der Waals surface area contributed by atoms with Gasteiger partial charge in [0, 0.05) is 16.8 Å². The molecule has 100 valence electrons. The van der Waals surface area contributed by atoms with Crippen molar-refractivity contribution in [3.63, 3.8) is 0 Å². The lowest BCUT2D eigenvalue weighted by Crippen LogP contribution is -2.10. The van der Waals surface area contributed by atoms with Gasteiger partial charge in [-0.3, -0.25) is 5.10 Å². The molecule has 0 fully saturated rings. The average Bonchev–Trinajstić information content (AvgIpc) is 2.82. The van der Waals surface area contributed by atoms with Crippen molar-refractivity contribution >= 4 is 0 Å². The first-order valence-corrected chi connectivity index (χ1v) is 7.23. The minimum Gasteiger partial charge on any atom is -0.282 e. The Kier molecular flexibility index (Phi) is 2.96. The average molecular weight is 254 g/mol. The number of H-pyrrole nitrogens is 1. The Balaban J connectivity index is 1.97. The molecular weight excluding hydrogens is 232 g/mol. The Bertz CT molecular complexity index is 570. The number of benzene rings is 1. The maximum absolute atomic E-state index is 4.53. The number of aromatic amines is 1. The molecule has 3 rings (SSSR count). The Hall–Kier alpha value is -1.57. The van der Waals surface area contributed by atoms with Gasteiger partial charge in [0.05, 0.1) is 5.69 Å². The number of hydrogen-bond donors (Lipinski definition) is 1. The third kappa shape index (κ3) is 2.32. The van der Waals surface area contributed by atoms with Crippen LogP contribution in [-0.4, -0.2) is 10.2 Å². The molecule has 2 nitrogen and oxygen atoms in total. The van der Waals surface area contributed by atoms with Gasteiger partial charge in [-0.25, -0.2) is 0 Å². The van der Waals surface area contributed by atoms with Crippen LogP contribution in [0.25, 0.3) is 11.3 Å². The van der Waals surface area contributed by atoms with Crippen LogP contribution < -0.4 is 0 Å². The standard InChI is InChI=1S/C17H22N2/c1-17(2,3)13-10-8-12(9-11-13)16-14-6-4-5-7-15(14)18-19-16/h8-11H,4-7H2,1-3H3,(H,18,19). The molecule has 1 aromatic heterocycles. The highest BCUT2D eigenvalue weighted by molar-refractivity contribution is 5.64. The van der Waals surface area contributed by atoms with Crippen LogP contribution in [0.4, 0.5) is 0 Å². The molecule has 0 amide bonds. The van der Waals surface area contributed by atoms with Gasteiger partial charge in [0.1, 0.15) is 0 Å². The van der Waals surface area contributed by atoms with E-state index in [1.54, 1.807) is 0 Å². The van der Waals surface area contributed by atoms with E-state index >= 15 is 0 Å². The van der Waals surface area contributed by atoms with Crippen LogP contribution in [0.1, 0.15) is 50.4 Å². The SMILES string of the molecule is CC(C)(C)c1ccc(-c2n[nH]c3c2CCCC3)cc1. The zero-order valence-electron chi connectivity index (χ0n) is 12.1. The van der Waals surface area contributed by atoms with E-state index < -0.39 is 0 Å². The summed E-state index contributed by atoms with van der Waals surface area (Å²) in [5.74, 6) is 0. The minimum absolute atomic E-state index is 0.212. The van der Waals surface area contributed by atoms with Gasteiger partial charge in [-0.05, 0) is 36.7 Å². The van der Waals surface area contributed by atoms with Crippen LogP contribution in [0.15, 0.2) is 24.3 Å². The molecule has 0 radical (unpaired) electrons. The summed E-state index contributed by atoms with van der Waals surface area (Å²) in [6, 6.07) is 8.90. The van der Waals surface area contributed by atoms with Crippen molar-refractivity contribution in [3.8, 4) is 11.3 Å². The molecule has 0 saturated heterocycles. The molecule has 1 aromatic carbocycles. The van der Waals surface area contributed by atoms with Crippen molar-refractivity contribution in [1.82, 2.24) is 10.2 Å². The van der Waals surface area contributed by atoms with E-state index in [-0.39, 0.29) is 5.41 Å². The predicted octanol–water partition coefficient (Wildman–Crippen LogP) is 4.25. The number of nitrogens with one attached hydrogen (secondary N) is 1. The van der Waals surface area contributed by atoms with Crippen molar-refractivity contribution in [3.05, 3.63) is 41.1 Å². The first kappa shape index (κ1) is 12.5. The molecule has 1 aliphatic rings. The molecule has 0 spiro atoms. The summed E-state index contributed by atoms with van der Waals surface area (Å²) < 4.78 is 0. The number of aromatic nitrogens is 2. The van der Waals surface area contributed by atoms with E-state index in [9.17, 15) is 0 Å². The summed E-state index contributed by atoms with van der Waals surface area (Å²) >= 11 is 0. The third-order valence-corrected chi connectivity index (χ3v) is 4.08. The Morgan fingerprint density at radius 2 is 1.68 bits per heavy atom. The zero-order chi connectivity index (χ0) is 13.5. The normalized spacial score (nSPS) is 15.3. The first-order chi connectivity index (χ1) is 9.05. The molecule has 2 heteroatoms. The fourth-order valence-corrected chi connectivity index (χ4v) is 2.85. The molecule has 0 saturated carbocycles. The van der Waals surface area contributed by atoms with E-state index in [4.69, 9.17) is 0 Å².